The van der Waals surface area contributed by atoms with Gasteiger partial charge in [-0.15, -0.1) is 11.3 Å². The fourth-order valence-electron chi connectivity index (χ4n) is 0.482. The predicted octanol–water partition coefficient (Wildman–Crippen LogP) is 3.70. The van der Waals surface area contributed by atoms with E-state index in [4.69, 9.17) is 0 Å². The Morgan fingerprint density at radius 3 is 2.44 bits per heavy atom. The molecule has 0 aliphatic heterocycles. The highest BCUT2D eigenvalue weighted by molar-refractivity contribution is 9.12. The van der Waals surface area contributed by atoms with E-state index in [0.717, 1.165) is 9.54 Å². The summed E-state index contributed by atoms with van der Waals surface area (Å²) in [5, 5.41) is 0. The van der Waals surface area contributed by atoms with Crippen LogP contribution in [0.4, 0.5) is 0 Å². The van der Waals surface area contributed by atoms with Gasteiger partial charge in [0.15, 0.2) is 0 Å². The lowest BCUT2D eigenvalue weighted by molar-refractivity contribution is 1.46. The van der Waals surface area contributed by atoms with Gasteiger partial charge in [0, 0.05) is 5.75 Å². The van der Waals surface area contributed by atoms with Gasteiger partial charge in [0.1, 0.15) is 0 Å². The fraction of sp³-hybridized carbons (Fsp3) is 0.200. The molecular formula is C5H4Br2S2. The molecule has 0 radical (unpaired) electrons. The van der Waals surface area contributed by atoms with Crippen LogP contribution in [0.25, 0.3) is 0 Å². The molecule has 1 aromatic rings. The first-order chi connectivity index (χ1) is 4.24. The maximum absolute atomic E-state index is 4.15. The average molecular weight is 288 g/mol. The van der Waals surface area contributed by atoms with Gasteiger partial charge in [0.05, 0.1) is 7.57 Å². The molecule has 0 aromatic carbocycles. The maximum atomic E-state index is 4.15. The van der Waals surface area contributed by atoms with Gasteiger partial charge in [0.25, 0.3) is 0 Å². The van der Waals surface area contributed by atoms with Gasteiger partial charge in [-0.1, -0.05) is 0 Å². The van der Waals surface area contributed by atoms with Crippen molar-refractivity contribution in [2.45, 2.75) is 5.75 Å². The molecule has 0 atom stereocenters. The summed E-state index contributed by atoms with van der Waals surface area (Å²) in [6.07, 6.45) is 0. The zero-order valence-corrected chi connectivity index (χ0v) is 9.28. The SMILES string of the molecule is SCc1cc(Br)sc1Br. The first-order valence-electron chi connectivity index (χ1n) is 2.28. The lowest BCUT2D eigenvalue weighted by Gasteiger charge is -1.85. The van der Waals surface area contributed by atoms with E-state index in [9.17, 15) is 0 Å². The summed E-state index contributed by atoms with van der Waals surface area (Å²) in [4.78, 5) is 0. The van der Waals surface area contributed by atoms with Crippen molar-refractivity contribution in [2.24, 2.45) is 0 Å². The fourth-order valence-corrected chi connectivity index (χ4v) is 3.88. The van der Waals surface area contributed by atoms with Crippen LogP contribution < -0.4 is 0 Å². The van der Waals surface area contributed by atoms with E-state index in [1.165, 1.54) is 9.35 Å². The number of rotatable bonds is 1. The number of hydrogen-bond donors (Lipinski definition) is 1. The zero-order valence-electron chi connectivity index (χ0n) is 4.40. The minimum absolute atomic E-state index is 0.794. The van der Waals surface area contributed by atoms with E-state index < -0.39 is 0 Å². The zero-order chi connectivity index (χ0) is 6.85. The van der Waals surface area contributed by atoms with Gasteiger partial charge in [-0.3, -0.25) is 0 Å². The Hall–Kier alpha value is 1.01. The van der Waals surface area contributed by atoms with Gasteiger partial charge in [-0.2, -0.15) is 12.6 Å². The van der Waals surface area contributed by atoms with Crippen molar-refractivity contribution >= 4 is 55.8 Å². The minimum Gasteiger partial charge on any atom is -0.174 e. The second-order valence-electron chi connectivity index (χ2n) is 1.51. The molecule has 0 spiro atoms. The maximum Gasteiger partial charge on any atom is 0.0750 e. The third-order valence-electron chi connectivity index (χ3n) is 0.898. The van der Waals surface area contributed by atoms with Crippen molar-refractivity contribution in [3.8, 4) is 0 Å². The monoisotopic (exact) mass is 286 g/mol. The summed E-state index contributed by atoms with van der Waals surface area (Å²) in [7, 11) is 0. The average Bonchev–Trinajstić information content (AvgIpc) is 2.10. The van der Waals surface area contributed by atoms with E-state index in [-0.39, 0.29) is 0 Å². The van der Waals surface area contributed by atoms with Crippen molar-refractivity contribution in [2.75, 3.05) is 0 Å². The lowest BCUT2D eigenvalue weighted by Crippen LogP contribution is -1.67. The van der Waals surface area contributed by atoms with Crippen LogP contribution in [0.1, 0.15) is 5.56 Å². The molecule has 0 amide bonds. The Morgan fingerprint density at radius 1 is 1.56 bits per heavy atom. The van der Waals surface area contributed by atoms with Crippen molar-refractivity contribution in [3.05, 3.63) is 19.2 Å². The number of thiol groups is 1. The van der Waals surface area contributed by atoms with Crippen molar-refractivity contribution in [3.63, 3.8) is 0 Å². The molecule has 0 saturated heterocycles. The highest BCUT2D eigenvalue weighted by Gasteiger charge is 2.01. The van der Waals surface area contributed by atoms with E-state index in [1.54, 1.807) is 11.3 Å². The molecule has 0 nitrogen and oxygen atoms in total. The molecule has 0 N–H and O–H groups in total. The van der Waals surface area contributed by atoms with Crippen LogP contribution in [0.3, 0.4) is 0 Å². The third-order valence-corrected chi connectivity index (χ3v) is 3.70. The molecule has 0 bridgehead atoms. The molecule has 1 rings (SSSR count). The summed E-state index contributed by atoms with van der Waals surface area (Å²) < 4.78 is 2.32. The van der Waals surface area contributed by atoms with Gasteiger partial charge in [0.2, 0.25) is 0 Å². The summed E-state index contributed by atoms with van der Waals surface area (Å²) in [5.74, 6) is 0.794. The molecule has 9 heavy (non-hydrogen) atoms. The first-order valence-corrected chi connectivity index (χ1v) is 5.32. The molecular weight excluding hydrogens is 284 g/mol. The van der Waals surface area contributed by atoms with E-state index in [0.29, 0.717) is 0 Å². The lowest BCUT2D eigenvalue weighted by atomic mass is 10.4. The van der Waals surface area contributed by atoms with Crippen LogP contribution in [-0.4, -0.2) is 0 Å². The van der Waals surface area contributed by atoms with E-state index in [1.807, 2.05) is 0 Å². The van der Waals surface area contributed by atoms with Crippen LogP contribution in [0, 0.1) is 0 Å². The van der Waals surface area contributed by atoms with Crippen LogP contribution in [0.2, 0.25) is 0 Å². The predicted molar refractivity (Wildman–Crippen MR) is 52.4 cm³/mol. The van der Waals surface area contributed by atoms with Gasteiger partial charge in [-0.25, -0.2) is 0 Å². The molecule has 0 saturated carbocycles. The van der Waals surface area contributed by atoms with Crippen LogP contribution in [-0.2, 0) is 5.75 Å². The summed E-state index contributed by atoms with van der Waals surface area (Å²) in [6.45, 7) is 0. The van der Waals surface area contributed by atoms with Gasteiger partial charge in [-0.05, 0) is 43.5 Å². The Balaban J connectivity index is 3.01. The Morgan fingerprint density at radius 2 is 2.22 bits per heavy atom. The number of thiophene rings is 1. The Kier molecular flexibility index (Phi) is 3.08. The van der Waals surface area contributed by atoms with E-state index >= 15 is 0 Å². The Bertz CT molecular complexity index is 207. The molecule has 0 aliphatic rings. The quantitative estimate of drug-likeness (QED) is 0.748. The van der Waals surface area contributed by atoms with Crippen LogP contribution >= 0.6 is 55.8 Å². The molecule has 0 aliphatic carbocycles. The van der Waals surface area contributed by atoms with Crippen molar-refractivity contribution < 1.29 is 0 Å². The molecule has 50 valence electrons. The van der Waals surface area contributed by atoms with Gasteiger partial charge >= 0.3 is 0 Å². The van der Waals surface area contributed by atoms with Crippen molar-refractivity contribution in [1.29, 1.82) is 0 Å². The van der Waals surface area contributed by atoms with Crippen molar-refractivity contribution in [1.82, 2.24) is 0 Å². The minimum atomic E-state index is 0.794. The molecule has 0 unspecified atom stereocenters. The van der Waals surface area contributed by atoms with Gasteiger partial charge < -0.3 is 0 Å². The van der Waals surface area contributed by atoms with Crippen LogP contribution in [0.15, 0.2) is 13.6 Å². The molecule has 1 aromatic heterocycles. The topological polar surface area (TPSA) is 0 Å². The second-order valence-corrected chi connectivity index (χ2v) is 5.57. The summed E-state index contributed by atoms with van der Waals surface area (Å²) in [5.41, 5.74) is 1.25. The second kappa shape index (κ2) is 3.42. The highest BCUT2D eigenvalue weighted by Crippen LogP contribution is 2.32. The first kappa shape index (κ1) is 8.11. The molecule has 4 heteroatoms. The Labute approximate surface area is 80.3 Å². The highest BCUT2D eigenvalue weighted by atomic mass is 79.9. The molecule has 0 fully saturated rings. The smallest absolute Gasteiger partial charge is 0.0750 e. The summed E-state index contributed by atoms with van der Waals surface area (Å²) in [6, 6.07) is 2.07. The third kappa shape index (κ3) is 1.97. The number of halogens is 2. The van der Waals surface area contributed by atoms with Crippen LogP contribution in [0.5, 0.6) is 0 Å². The molecule has 1 heterocycles. The summed E-state index contributed by atoms with van der Waals surface area (Å²) >= 11 is 12.6. The standard InChI is InChI=1S/C5H4Br2S2/c6-4-1-3(2-8)5(7)9-4/h1,8H,2H2. The normalized spacial score (nSPS) is 10.1. The number of hydrogen-bond acceptors (Lipinski definition) is 2. The van der Waals surface area contributed by atoms with E-state index in [2.05, 4.69) is 50.6 Å². The largest absolute Gasteiger partial charge is 0.174 e.